The van der Waals surface area contributed by atoms with Gasteiger partial charge in [-0.25, -0.2) is 31.5 Å². The molecule has 3 aromatic heterocycles. The number of rotatable bonds is 9. The molecule has 1 saturated heterocycles. The second-order valence-corrected chi connectivity index (χ2v) is 9.10. The Hall–Kier alpha value is -3.52. The minimum atomic E-state index is -3.07. The number of halogens is 5. The van der Waals surface area contributed by atoms with E-state index in [1.807, 2.05) is 0 Å². The SMILES string of the molecule is COCCN1CC[C@@H](Nc2nc(OC)c3c(-c4ccc5ncn(CC(F)F)c5c4)c(F)cn3n2)C(F)(F)C1. The zero-order valence-corrected chi connectivity index (χ0v) is 20.7. The van der Waals surface area contributed by atoms with Crippen LogP contribution in [0.15, 0.2) is 30.7 Å². The van der Waals surface area contributed by atoms with Crippen molar-refractivity contribution in [1.82, 2.24) is 29.0 Å². The molecule has 4 aromatic rings. The van der Waals surface area contributed by atoms with Gasteiger partial charge >= 0.3 is 0 Å². The number of ether oxygens (including phenoxy) is 2. The lowest BCUT2D eigenvalue weighted by Gasteiger charge is -2.38. The van der Waals surface area contributed by atoms with Crippen LogP contribution in [0.25, 0.3) is 27.7 Å². The Morgan fingerprint density at radius 2 is 2.05 bits per heavy atom. The van der Waals surface area contributed by atoms with Crippen LogP contribution in [0, 0.1) is 5.82 Å². The Balaban J connectivity index is 1.48. The van der Waals surface area contributed by atoms with E-state index in [-0.39, 0.29) is 29.3 Å². The van der Waals surface area contributed by atoms with Crippen LogP contribution in [0.1, 0.15) is 6.42 Å². The van der Waals surface area contributed by atoms with Crippen LogP contribution in [-0.4, -0.2) is 87.9 Å². The van der Waals surface area contributed by atoms with Gasteiger partial charge in [0.1, 0.15) is 5.52 Å². The molecule has 1 N–H and O–H groups in total. The van der Waals surface area contributed by atoms with Gasteiger partial charge in [0.2, 0.25) is 11.8 Å². The third kappa shape index (κ3) is 4.97. The zero-order chi connectivity index (χ0) is 27.0. The molecule has 204 valence electrons. The molecule has 1 aliphatic heterocycles. The summed E-state index contributed by atoms with van der Waals surface area (Å²) in [5, 5.41) is 6.91. The number of nitrogens with one attached hydrogen (secondary N) is 1. The van der Waals surface area contributed by atoms with Gasteiger partial charge < -0.3 is 19.4 Å². The zero-order valence-electron chi connectivity index (χ0n) is 20.7. The van der Waals surface area contributed by atoms with E-state index in [9.17, 15) is 17.6 Å². The standard InChI is InChI=1S/C24H26F5N7O2/c1-37-8-7-34-6-5-18(24(28,29)12-34)31-23-32-22(38-2)21-20(15(25)10-36(21)33-23)14-3-4-16-17(9-14)35(13-30-16)11-19(26)27/h3-4,9-10,13,18-19H,5-8,11-12H2,1-2H3,(H,31,33)/t18-/m1/s1. The summed E-state index contributed by atoms with van der Waals surface area (Å²) in [6.07, 6.45) is -0.0640. The predicted octanol–water partition coefficient (Wildman–Crippen LogP) is 3.93. The number of imidazole rings is 1. The first-order valence-electron chi connectivity index (χ1n) is 11.9. The summed E-state index contributed by atoms with van der Waals surface area (Å²) in [4.78, 5) is 9.98. The smallest absolute Gasteiger partial charge is 0.280 e. The second-order valence-electron chi connectivity index (χ2n) is 9.10. The number of nitrogens with zero attached hydrogens (tertiary/aromatic N) is 6. The van der Waals surface area contributed by atoms with E-state index in [1.54, 1.807) is 23.1 Å². The largest absolute Gasteiger partial charge is 0.479 e. The van der Waals surface area contributed by atoms with Crippen molar-refractivity contribution < 1.29 is 31.4 Å². The number of anilines is 1. The van der Waals surface area contributed by atoms with Gasteiger partial charge in [-0.1, -0.05) is 6.07 Å². The topological polar surface area (TPSA) is 81.7 Å². The van der Waals surface area contributed by atoms with Gasteiger partial charge in [0.25, 0.3) is 12.3 Å². The molecule has 0 bridgehead atoms. The molecular weight excluding hydrogens is 513 g/mol. The monoisotopic (exact) mass is 539 g/mol. The van der Waals surface area contributed by atoms with E-state index in [0.29, 0.717) is 36.3 Å². The van der Waals surface area contributed by atoms with Crippen molar-refractivity contribution in [3.05, 3.63) is 36.5 Å². The number of benzene rings is 1. The van der Waals surface area contributed by atoms with Crippen molar-refractivity contribution in [3.8, 4) is 17.0 Å². The fourth-order valence-electron chi connectivity index (χ4n) is 4.76. The molecular formula is C24H26F5N7O2. The number of alkyl halides is 4. The van der Waals surface area contributed by atoms with Crippen molar-refractivity contribution in [1.29, 1.82) is 0 Å². The molecule has 0 amide bonds. The highest BCUT2D eigenvalue weighted by Gasteiger charge is 2.45. The van der Waals surface area contributed by atoms with Gasteiger partial charge in [-0.15, -0.1) is 5.10 Å². The molecule has 0 aliphatic carbocycles. The lowest BCUT2D eigenvalue weighted by Crippen LogP contribution is -2.55. The Morgan fingerprint density at radius 3 is 2.76 bits per heavy atom. The van der Waals surface area contributed by atoms with Crippen molar-refractivity contribution in [2.75, 3.05) is 45.8 Å². The summed E-state index contributed by atoms with van der Waals surface area (Å²) in [5.74, 6) is -3.92. The first-order valence-corrected chi connectivity index (χ1v) is 11.9. The van der Waals surface area contributed by atoms with E-state index in [4.69, 9.17) is 9.47 Å². The molecule has 0 unspecified atom stereocenters. The number of hydrogen-bond acceptors (Lipinski definition) is 7. The number of fused-ring (bicyclic) bond motifs is 2. The van der Waals surface area contributed by atoms with Gasteiger partial charge in [-0.2, -0.15) is 4.98 Å². The predicted molar refractivity (Wildman–Crippen MR) is 130 cm³/mol. The average molecular weight is 540 g/mol. The number of piperidine rings is 1. The van der Waals surface area contributed by atoms with Crippen LogP contribution < -0.4 is 10.1 Å². The van der Waals surface area contributed by atoms with Crippen LogP contribution in [0.2, 0.25) is 0 Å². The highest BCUT2D eigenvalue weighted by Crippen LogP contribution is 2.36. The molecule has 5 rings (SSSR count). The summed E-state index contributed by atoms with van der Waals surface area (Å²) in [5.41, 5.74) is 1.49. The lowest BCUT2D eigenvalue weighted by atomic mass is 10.0. The normalized spacial score (nSPS) is 18.1. The maximum Gasteiger partial charge on any atom is 0.280 e. The quantitative estimate of drug-likeness (QED) is 0.323. The van der Waals surface area contributed by atoms with Gasteiger partial charge in [0.15, 0.2) is 5.82 Å². The van der Waals surface area contributed by atoms with Crippen molar-refractivity contribution in [2.24, 2.45) is 0 Å². The van der Waals surface area contributed by atoms with Crippen LogP contribution in [0.4, 0.5) is 27.9 Å². The molecule has 1 aliphatic rings. The van der Waals surface area contributed by atoms with Crippen LogP contribution in [0.5, 0.6) is 5.88 Å². The Labute approximate surface area is 214 Å². The molecule has 38 heavy (non-hydrogen) atoms. The molecule has 1 atom stereocenters. The van der Waals surface area contributed by atoms with E-state index in [0.717, 1.165) is 6.20 Å². The van der Waals surface area contributed by atoms with E-state index >= 15 is 4.39 Å². The van der Waals surface area contributed by atoms with E-state index in [2.05, 4.69) is 20.4 Å². The maximum atomic E-state index is 15.3. The summed E-state index contributed by atoms with van der Waals surface area (Å²) in [7, 11) is 2.84. The molecule has 9 nitrogen and oxygen atoms in total. The summed E-state index contributed by atoms with van der Waals surface area (Å²) in [6.45, 7) is 0.184. The number of methoxy groups -OCH3 is 2. The second kappa shape index (κ2) is 10.3. The van der Waals surface area contributed by atoms with Gasteiger partial charge in [0, 0.05) is 20.2 Å². The van der Waals surface area contributed by atoms with E-state index in [1.165, 1.54) is 29.6 Å². The molecule has 4 heterocycles. The van der Waals surface area contributed by atoms with Gasteiger partial charge in [0.05, 0.1) is 62.0 Å². The summed E-state index contributed by atoms with van der Waals surface area (Å²) >= 11 is 0. The van der Waals surface area contributed by atoms with Crippen molar-refractivity contribution in [2.45, 2.75) is 31.4 Å². The minimum Gasteiger partial charge on any atom is -0.479 e. The third-order valence-corrected chi connectivity index (χ3v) is 6.58. The van der Waals surface area contributed by atoms with Crippen LogP contribution in [-0.2, 0) is 11.3 Å². The van der Waals surface area contributed by atoms with Crippen LogP contribution >= 0.6 is 0 Å². The Kier molecular flexibility index (Phi) is 7.09. The first kappa shape index (κ1) is 26.1. The lowest BCUT2D eigenvalue weighted by molar-refractivity contribution is -0.0770. The first-order chi connectivity index (χ1) is 18.2. The number of aromatic nitrogens is 5. The molecule has 14 heteroatoms. The van der Waals surface area contributed by atoms with Crippen LogP contribution in [0.3, 0.4) is 0 Å². The summed E-state index contributed by atoms with van der Waals surface area (Å²) < 4.78 is 83.8. The molecule has 0 saturated carbocycles. The maximum absolute atomic E-state index is 15.3. The summed E-state index contributed by atoms with van der Waals surface area (Å²) in [6, 6.07) is 3.51. The van der Waals surface area contributed by atoms with Gasteiger partial charge in [-0.05, 0) is 24.1 Å². The highest BCUT2D eigenvalue weighted by molar-refractivity contribution is 5.90. The average Bonchev–Trinajstić information content (AvgIpc) is 3.42. The number of likely N-dealkylation sites (tertiary alicyclic amines) is 1. The van der Waals surface area contributed by atoms with Crippen molar-refractivity contribution in [3.63, 3.8) is 0 Å². The molecule has 1 fully saturated rings. The Morgan fingerprint density at radius 1 is 1.24 bits per heavy atom. The molecule has 0 radical (unpaired) electrons. The number of hydrogen-bond donors (Lipinski definition) is 1. The molecule has 0 spiro atoms. The minimum absolute atomic E-state index is 0.0385. The fraction of sp³-hybridized carbons (Fsp3) is 0.458. The molecule has 1 aromatic carbocycles. The van der Waals surface area contributed by atoms with Gasteiger partial charge in [-0.3, -0.25) is 4.90 Å². The Bertz CT molecular complexity index is 1440. The highest BCUT2D eigenvalue weighted by atomic mass is 19.3. The van der Waals surface area contributed by atoms with E-state index < -0.39 is 37.3 Å². The third-order valence-electron chi connectivity index (χ3n) is 6.58. The van der Waals surface area contributed by atoms with Crippen molar-refractivity contribution >= 4 is 22.5 Å². The fourth-order valence-corrected chi connectivity index (χ4v) is 4.76.